The van der Waals surface area contributed by atoms with Gasteiger partial charge in [-0.05, 0) is 50.7 Å². The highest BCUT2D eigenvalue weighted by molar-refractivity contribution is 7.85. The zero-order chi connectivity index (χ0) is 16.2. The van der Waals surface area contributed by atoms with Crippen molar-refractivity contribution in [1.82, 2.24) is 4.90 Å². The molecule has 1 aromatic rings. The van der Waals surface area contributed by atoms with Crippen LogP contribution in [0.25, 0.3) is 0 Å². The summed E-state index contributed by atoms with van der Waals surface area (Å²) >= 11 is 0. The minimum Gasteiger partial charge on any atom is -0.338 e. The number of aryl methyl sites for hydroxylation is 1. The van der Waals surface area contributed by atoms with Gasteiger partial charge in [0.05, 0.1) is 5.25 Å². The highest BCUT2D eigenvalue weighted by Gasteiger charge is 2.61. The van der Waals surface area contributed by atoms with Crippen molar-refractivity contribution < 1.29 is 9.00 Å². The summed E-state index contributed by atoms with van der Waals surface area (Å²) < 4.78 is 12.0. The second kappa shape index (κ2) is 5.44. The average molecular weight is 331 g/mol. The summed E-state index contributed by atoms with van der Waals surface area (Å²) in [5.74, 6) is 1.08. The maximum Gasteiger partial charge on any atom is 0.226 e. The molecule has 124 valence electrons. The van der Waals surface area contributed by atoms with Gasteiger partial charge in [0.25, 0.3) is 0 Å². The average Bonchev–Trinajstić information content (AvgIpc) is 3.27. The van der Waals surface area contributed by atoms with Crippen LogP contribution in [0.5, 0.6) is 0 Å². The van der Waals surface area contributed by atoms with Gasteiger partial charge in [-0.15, -0.1) is 0 Å². The molecular formula is C19H25NO2S. The van der Waals surface area contributed by atoms with Gasteiger partial charge in [0, 0.05) is 40.5 Å². The van der Waals surface area contributed by atoms with Gasteiger partial charge in [-0.2, -0.15) is 0 Å². The van der Waals surface area contributed by atoms with Crippen molar-refractivity contribution in [1.29, 1.82) is 0 Å². The quantitative estimate of drug-likeness (QED) is 0.793. The Hall–Kier alpha value is -1.16. The fourth-order valence-electron chi connectivity index (χ4n) is 4.72. The first-order chi connectivity index (χ1) is 11.0. The van der Waals surface area contributed by atoms with E-state index in [-0.39, 0.29) is 22.6 Å². The van der Waals surface area contributed by atoms with E-state index in [4.69, 9.17) is 0 Å². The Balaban J connectivity index is 1.58. The van der Waals surface area contributed by atoms with Gasteiger partial charge in [0.2, 0.25) is 5.91 Å². The standard InChI is InChI=1S/C19H25NO2S/c1-13-14(2)23(22)11-10-20(13)18(21)17-12-19(17)9-5-7-15-6-3-4-8-16(15)19/h3-4,6,8,13-14,17H,5,7,9-12H2,1-2H3/t13-,14+,17-,19+,23+/m1/s1. The maximum absolute atomic E-state index is 13.1. The second-order valence-electron chi connectivity index (χ2n) is 7.49. The predicted molar refractivity (Wildman–Crippen MR) is 92.8 cm³/mol. The molecule has 0 radical (unpaired) electrons. The molecule has 1 amide bonds. The Morgan fingerprint density at radius 2 is 2.09 bits per heavy atom. The number of amides is 1. The molecule has 0 N–H and O–H groups in total. The summed E-state index contributed by atoms with van der Waals surface area (Å²) in [4.78, 5) is 15.1. The lowest BCUT2D eigenvalue weighted by Crippen LogP contribution is -2.53. The van der Waals surface area contributed by atoms with E-state index in [1.165, 1.54) is 17.5 Å². The zero-order valence-electron chi connectivity index (χ0n) is 14.0. The van der Waals surface area contributed by atoms with Crippen molar-refractivity contribution in [3.63, 3.8) is 0 Å². The number of nitrogens with zero attached hydrogens (tertiary/aromatic N) is 1. The van der Waals surface area contributed by atoms with Gasteiger partial charge in [-0.1, -0.05) is 24.3 Å². The molecule has 1 spiro atoms. The molecule has 0 bridgehead atoms. The fraction of sp³-hybridized carbons (Fsp3) is 0.632. The number of carbonyl (C=O) groups is 1. The molecule has 4 heteroatoms. The van der Waals surface area contributed by atoms with E-state index in [0.717, 1.165) is 19.3 Å². The molecule has 0 aromatic heterocycles. The molecule has 3 nitrogen and oxygen atoms in total. The third kappa shape index (κ3) is 2.29. The number of rotatable bonds is 1. The summed E-state index contributed by atoms with van der Waals surface area (Å²) in [6, 6.07) is 8.78. The zero-order valence-corrected chi connectivity index (χ0v) is 14.8. The molecule has 1 heterocycles. The third-order valence-corrected chi connectivity index (χ3v) is 8.21. The summed E-state index contributed by atoms with van der Waals surface area (Å²) in [6.07, 6.45) is 4.49. The first-order valence-corrected chi connectivity index (χ1v) is 10.2. The Kier molecular flexibility index (Phi) is 3.63. The van der Waals surface area contributed by atoms with Crippen LogP contribution in [0.3, 0.4) is 0 Å². The highest BCUT2D eigenvalue weighted by atomic mass is 32.2. The number of carbonyl (C=O) groups excluding carboxylic acids is 1. The molecule has 5 atom stereocenters. The van der Waals surface area contributed by atoms with Crippen LogP contribution in [0.2, 0.25) is 0 Å². The molecule has 2 fully saturated rings. The van der Waals surface area contributed by atoms with Crippen molar-refractivity contribution >= 4 is 16.7 Å². The van der Waals surface area contributed by atoms with Crippen molar-refractivity contribution in [2.45, 2.75) is 56.2 Å². The largest absolute Gasteiger partial charge is 0.338 e. The first-order valence-electron chi connectivity index (χ1n) is 8.80. The van der Waals surface area contributed by atoms with Crippen LogP contribution in [0.15, 0.2) is 24.3 Å². The minimum atomic E-state index is -0.788. The molecule has 23 heavy (non-hydrogen) atoms. The maximum atomic E-state index is 13.1. The van der Waals surface area contributed by atoms with Gasteiger partial charge < -0.3 is 4.90 Å². The molecule has 1 saturated heterocycles. The molecule has 1 saturated carbocycles. The van der Waals surface area contributed by atoms with Crippen molar-refractivity contribution in [2.24, 2.45) is 5.92 Å². The van der Waals surface area contributed by atoms with E-state index in [0.29, 0.717) is 18.2 Å². The summed E-state index contributed by atoms with van der Waals surface area (Å²) in [6.45, 7) is 4.73. The molecule has 0 unspecified atom stereocenters. The van der Waals surface area contributed by atoms with Crippen LogP contribution >= 0.6 is 0 Å². The number of hydrogen-bond donors (Lipinski definition) is 0. The van der Waals surface area contributed by atoms with Crippen molar-refractivity contribution in [3.05, 3.63) is 35.4 Å². The molecule has 1 aliphatic heterocycles. The fourth-order valence-corrected chi connectivity index (χ4v) is 6.05. The predicted octanol–water partition coefficient (Wildman–Crippen LogP) is 2.65. The molecular weight excluding hydrogens is 306 g/mol. The van der Waals surface area contributed by atoms with E-state index >= 15 is 0 Å². The Morgan fingerprint density at radius 3 is 2.91 bits per heavy atom. The van der Waals surface area contributed by atoms with Gasteiger partial charge in [-0.25, -0.2) is 0 Å². The van der Waals surface area contributed by atoms with Gasteiger partial charge in [0.15, 0.2) is 0 Å². The van der Waals surface area contributed by atoms with Crippen LogP contribution < -0.4 is 0 Å². The highest BCUT2D eigenvalue weighted by Crippen LogP contribution is 2.61. The summed E-state index contributed by atoms with van der Waals surface area (Å²) in [5, 5.41) is 0.0843. The van der Waals surface area contributed by atoms with Crippen LogP contribution in [-0.2, 0) is 27.4 Å². The Morgan fingerprint density at radius 1 is 1.30 bits per heavy atom. The summed E-state index contributed by atoms with van der Waals surface area (Å²) in [7, 11) is -0.788. The molecule has 4 rings (SSSR count). The van der Waals surface area contributed by atoms with Crippen molar-refractivity contribution in [2.75, 3.05) is 12.3 Å². The smallest absolute Gasteiger partial charge is 0.226 e. The monoisotopic (exact) mass is 331 g/mol. The summed E-state index contributed by atoms with van der Waals surface area (Å²) in [5.41, 5.74) is 2.96. The van der Waals surface area contributed by atoms with Crippen LogP contribution in [0.4, 0.5) is 0 Å². The van der Waals surface area contributed by atoms with Crippen LogP contribution in [-0.4, -0.2) is 38.6 Å². The van der Waals surface area contributed by atoms with E-state index in [2.05, 4.69) is 31.2 Å². The van der Waals surface area contributed by atoms with E-state index in [1.807, 2.05) is 11.8 Å². The first kappa shape index (κ1) is 15.4. The Labute approximate surface area is 140 Å². The number of benzene rings is 1. The van der Waals surface area contributed by atoms with Gasteiger partial charge >= 0.3 is 0 Å². The molecule has 1 aromatic carbocycles. The molecule has 2 aliphatic carbocycles. The van der Waals surface area contributed by atoms with E-state index in [9.17, 15) is 9.00 Å². The van der Waals surface area contributed by atoms with Crippen LogP contribution in [0.1, 0.15) is 44.2 Å². The lowest BCUT2D eigenvalue weighted by Gasteiger charge is -2.38. The van der Waals surface area contributed by atoms with Gasteiger partial charge in [0.1, 0.15) is 0 Å². The third-order valence-electron chi connectivity index (χ3n) is 6.40. The minimum absolute atomic E-state index is 0.0843. The van der Waals surface area contributed by atoms with E-state index < -0.39 is 10.8 Å². The number of hydrogen-bond acceptors (Lipinski definition) is 2. The topological polar surface area (TPSA) is 37.4 Å². The van der Waals surface area contributed by atoms with E-state index in [1.54, 1.807) is 0 Å². The molecule has 3 aliphatic rings. The lowest BCUT2D eigenvalue weighted by atomic mass is 9.78. The van der Waals surface area contributed by atoms with Crippen LogP contribution in [0, 0.1) is 5.92 Å². The SMILES string of the molecule is C[C@@H]1[C@H](C)[S@@](=O)CCN1C(=O)[C@H]1C[C@]12CCCc1ccccc12. The Bertz CT molecular complexity index is 673. The number of fused-ring (bicyclic) bond motifs is 2. The lowest BCUT2D eigenvalue weighted by molar-refractivity contribution is -0.135. The second-order valence-corrected chi connectivity index (χ2v) is 9.40. The van der Waals surface area contributed by atoms with Crippen molar-refractivity contribution in [3.8, 4) is 0 Å². The van der Waals surface area contributed by atoms with Gasteiger partial charge in [-0.3, -0.25) is 9.00 Å². The normalized spacial score (nSPS) is 39.1.